The molecule has 19 heavy (non-hydrogen) atoms. The summed E-state index contributed by atoms with van der Waals surface area (Å²) in [6, 6.07) is 11.6. The molecular weight excluding hydrogens is 263 g/mol. The number of rotatable bonds is 4. The minimum Gasteiger partial charge on any atom is -0.399 e. The van der Waals surface area contributed by atoms with Crippen LogP contribution in [0, 0.1) is 5.82 Å². The SMILES string of the molecule is NC(=O)c1ccc(CSc2ccc(N)cc2F)cc1. The summed E-state index contributed by atoms with van der Waals surface area (Å²) in [5, 5.41) is 0. The maximum absolute atomic E-state index is 13.6. The molecule has 0 aliphatic carbocycles. The lowest BCUT2D eigenvalue weighted by Crippen LogP contribution is -2.10. The first-order valence-corrected chi connectivity index (χ1v) is 6.61. The molecule has 0 aromatic heterocycles. The van der Waals surface area contributed by atoms with E-state index >= 15 is 0 Å². The second-order valence-corrected chi connectivity index (χ2v) is 5.06. The van der Waals surface area contributed by atoms with E-state index in [0.717, 1.165) is 5.56 Å². The highest BCUT2D eigenvalue weighted by Crippen LogP contribution is 2.26. The summed E-state index contributed by atoms with van der Waals surface area (Å²) >= 11 is 1.38. The van der Waals surface area contributed by atoms with E-state index in [1.54, 1.807) is 24.3 Å². The van der Waals surface area contributed by atoms with E-state index in [1.165, 1.54) is 17.8 Å². The number of hydrogen-bond donors (Lipinski definition) is 2. The van der Waals surface area contributed by atoms with Crippen LogP contribution in [-0.2, 0) is 5.75 Å². The Morgan fingerprint density at radius 3 is 2.42 bits per heavy atom. The molecule has 2 aromatic rings. The Hall–Kier alpha value is -2.01. The van der Waals surface area contributed by atoms with Crippen molar-refractivity contribution in [2.75, 3.05) is 5.73 Å². The first kappa shape index (κ1) is 13.4. The number of carbonyl (C=O) groups excluding carboxylic acids is 1. The molecule has 5 heteroatoms. The molecule has 2 aromatic carbocycles. The summed E-state index contributed by atoms with van der Waals surface area (Å²) in [5.74, 6) is -0.164. The van der Waals surface area contributed by atoms with Crippen molar-refractivity contribution in [1.82, 2.24) is 0 Å². The highest BCUT2D eigenvalue weighted by atomic mass is 32.2. The van der Waals surface area contributed by atoms with Gasteiger partial charge in [-0.25, -0.2) is 4.39 Å². The van der Waals surface area contributed by atoms with Crippen LogP contribution in [0.2, 0.25) is 0 Å². The second kappa shape index (κ2) is 5.75. The van der Waals surface area contributed by atoms with Crippen molar-refractivity contribution >= 4 is 23.4 Å². The fraction of sp³-hybridized carbons (Fsp3) is 0.0714. The zero-order valence-electron chi connectivity index (χ0n) is 10.1. The molecular formula is C14H13FN2OS. The summed E-state index contributed by atoms with van der Waals surface area (Å²) < 4.78 is 13.6. The first-order valence-electron chi connectivity index (χ1n) is 5.63. The highest BCUT2D eigenvalue weighted by molar-refractivity contribution is 7.98. The van der Waals surface area contributed by atoms with Crippen LogP contribution in [0.5, 0.6) is 0 Å². The number of benzene rings is 2. The number of nitrogen functional groups attached to an aromatic ring is 1. The van der Waals surface area contributed by atoms with E-state index in [9.17, 15) is 9.18 Å². The Labute approximate surface area is 114 Å². The Morgan fingerprint density at radius 1 is 1.16 bits per heavy atom. The normalized spacial score (nSPS) is 10.4. The van der Waals surface area contributed by atoms with Gasteiger partial charge in [-0.2, -0.15) is 0 Å². The molecule has 0 saturated carbocycles. The van der Waals surface area contributed by atoms with E-state index in [0.29, 0.717) is 21.9 Å². The van der Waals surface area contributed by atoms with Crippen molar-refractivity contribution in [1.29, 1.82) is 0 Å². The zero-order valence-corrected chi connectivity index (χ0v) is 10.9. The summed E-state index contributed by atoms with van der Waals surface area (Å²) in [6.07, 6.45) is 0. The molecule has 0 atom stereocenters. The summed E-state index contributed by atoms with van der Waals surface area (Å²) in [5.41, 5.74) is 12.5. The summed E-state index contributed by atoms with van der Waals surface area (Å²) in [4.78, 5) is 11.5. The largest absolute Gasteiger partial charge is 0.399 e. The number of nitrogens with two attached hydrogens (primary N) is 2. The summed E-state index contributed by atoms with van der Waals surface area (Å²) in [6.45, 7) is 0. The molecule has 0 aliphatic rings. The van der Waals surface area contributed by atoms with Crippen LogP contribution >= 0.6 is 11.8 Å². The van der Waals surface area contributed by atoms with Crippen LogP contribution in [0.25, 0.3) is 0 Å². The molecule has 0 spiro atoms. The van der Waals surface area contributed by atoms with Gasteiger partial charge in [0.1, 0.15) is 5.82 Å². The minimum absolute atomic E-state index is 0.321. The lowest BCUT2D eigenvalue weighted by atomic mass is 10.1. The monoisotopic (exact) mass is 276 g/mol. The Morgan fingerprint density at radius 2 is 1.84 bits per heavy atom. The molecule has 4 N–H and O–H groups in total. The lowest BCUT2D eigenvalue weighted by Gasteiger charge is -2.05. The minimum atomic E-state index is -0.455. The van der Waals surface area contributed by atoms with Gasteiger partial charge >= 0.3 is 0 Å². The number of thioether (sulfide) groups is 1. The molecule has 98 valence electrons. The van der Waals surface area contributed by atoms with E-state index in [4.69, 9.17) is 11.5 Å². The molecule has 0 bridgehead atoms. The van der Waals surface area contributed by atoms with E-state index in [-0.39, 0.29) is 5.82 Å². The summed E-state index contributed by atoms with van der Waals surface area (Å²) in [7, 11) is 0. The Kier molecular flexibility index (Phi) is 4.06. The quantitative estimate of drug-likeness (QED) is 0.666. The van der Waals surface area contributed by atoms with Crippen molar-refractivity contribution in [3.8, 4) is 0 Å². The van der Waals surface area contributed by atoms with Crippen LogP contribution < -0.4 is 11.5 Å². The third-order valence-corrected chi connectivity index (χ3v) is 3.71. The molecule has 2 rings (SSSR count). The topological polar surface area (TPSA) is 69.1 Å². The van der Waals surface area contributed by atoms with Crippen LogP contribution in [-0.4, -0.2) is 5.91 Å². The second-order valence-electron chi connectivity index (χ2n) is 4.04. The number of anilines is 1. The fourth-order valence-corrected chi connectivity index (χ4v) is 2.44. The highest BCUT2D eigenvalue weighted by Gasteiger charge is 2.04. The third kappa shape index (κ3) is 3.48. The number of primary amides is 1. The van der Waals surface area contributed by atoms with E-state index in [1.807, 2.05) is 12.1 Å². The maximum Gasteiger partial charge on any atom is 0.248 e. The van der Waals surface area contributed by atoms with Crippen LogP contribution in [0.3, 0.4) is 0 Å². The molecule has 0 aliphatic heterocycles. The van der Waals surface area contributed by atoms with Gasteiger partial charge in [0.15, 0.2) is 0 Å². The standard InChI is InChI=1S/C14H13FN2OS/c15-12-7-11(16)5-6-13(12)19-8-9-1-3-10(4-2-9)14(17)18/h1-7H,8,16H2,(H2,17,18). The molecule has 0 saturated heterocycles. The maximum atomic E-state index is 13.6. The van der Waals surface area contributed by atoms with Gasteiger partial charge in [-0.3, -0.25) is 4.79 Å². The van der Waals surface area contributed by atoms with Crippen molar-refractivity contribution in [2.45, 2.75) is 10.6 Å². The van der Waals surface area contributed by atoms with Gasteiger partial charge in [0, 0.05) is 21.9 Å². The molecule has 0 radical (unpaired) electrons. The van der Waals surface area contributed by atoms with Crippen molar-refractivity contribution in [3.05, 3.63) is 59.4 Å². The van der Waals surface area contributed by atoms with Gasteiger partial charge in [-0.05, 0) is 35.9 Å². The van der Waals surface area contributed by atoms with Gasteiger partial charge < -0.3 is 11.5 Å². The van der Waals surface area contributed by atoms with Gasteiger partial charge in [-0.1, -0.05) is 12.1 Å². The predicted molar refractivity (Wildman–Crippen MR) is 75.3 cm³/mol. The molecule has 0 heterocycles. The van der Waals surface area contributed by atoms with Crippen LogP contribution in [0.4, 0.5) is 10.1 Å². The zero-order chi connectivity index (χ0) is 13.8. The number of carbonyl (C=O) groups is 1. The first-order chi connectivity index (χ1) is 9.06. The van der Waals surface area contributed by atoms with Crippen LogP contribution in [0.15, 0.2) is 47.4 Å². The van der Waals surface area contributed by atoms with Gasteiger partial charge in [0.25, 0.3) is 0 Å². The molecule has 1 amide bonds. The average Bonchev–Trinajstić information content (AvgIpc) is 2.38. The van der Waals surface area contributed by atoms with E-state index in [2.05, 4.69) is 0 Å². The fourth-order valence-electron chi connectivity index (χ4n) is 1.56. The van der Waals surface area contributed by atoms with Crippen molar-refractivity contribution < 1.29 is 9.18 Å². The number of amides is 1. The van der Waals surface area contributed by atoms with E-state index < -0.39 is 5.91 Å². The van der Waals surface area contributed by atoms with Gasteiger partial charge in [-0.15, -0.1) is 11.8 Å². The number of halogens is 1. The Balaban J connectivity index is 2.04. The Bertz CT molecular complexity index is 599. The molecule has 0 fully saturated rings. The van der Waals surface area contributed by atoms with Gasteiger partial charge in [0.2, 0.25) is 5.91 Å². The number of hydrogen-bond acceptors (Lipinski definition) is 3. The third-order valence-electron chi connectivity index (χ3n) is 2.59. The van der Waals surface area contributed by atoms with Crippen molar-refractivity contribution in [3.63, 3.8) is 0 Å². The predicted octanol–water partition coefficient (Wildman–Crippen LogP) is 2.80. The van der Waals surface area contributed by atoms with Gasteiger partial charge in [0.05, 0.1) is 0 Å². The van der Waals surface area contributed by atoms with Crippen LogP contribution in [0.1, 0.15) is 15.9 Å². The molecule has 0 unspecified atom stereocenters. The van der Waals surface area contributed by atoms with Crippen molar-refractivity contribution in [2.24, 2.45) is 5.73 Å². The molecule has 3 nitrogen and oxygen atoms in total. The lowest BCUT2D eigenvalue weighted by molar-refractivity contribution is 0.100. The average molecular weight is 276 g/mol. The smallest absolute Gasteiger partial charge is 0.248 e.